The van der Waals surface area contributed by atoms with Gasteiger partial charge in [-0.3, -0.25) is 9.58 Å². The molecular weight excluding hydrogens is 298 g/mol. The monoisotopic (exact) mass is 319 g/mol. The smallest absolute Gasteiger partial charge is 0.0739 e. The van der Waals surface area contributed by atoms with Gasteiger partial charge >= 0.3 is 0 Å². The highest BCUT2D eigenvalue weighted by Gasteiger charge is 2.15. The fourth-order valence-corrected chi connectivity index (χ4v) is 2.79. The quantitative estimate of drug-likeness (QED) is 0.804. The van der Waals surface area contributed by atoms with Crippen LogP contribution in [0.4, 0.5) is 0 Å². The van der Waals surface area contributed by atoms with Crippen LogP contribution in [0, 0.1) is 6.92 Å². The minimum Gasteiger partial charge on any atom is -0.298 e. The van der Waals surface area contributed by atoms with Crippen LogP contribution >= 0.6 is 27.7 Å². The molecule has 0 amide bonds. The van der Waals surface area contributed by atoms with E-state index in [2.05, 4.69) is 46.2 Å². The van der Waals surface area contributed by atoms with Crippen LogP contribution in [-0.2, 0) is 13.6 Å². The van der Waals surface area contributed by atoms with Crippen LogP contribution in [0.3, 0.4) is 0 Å². The minimum absolute atomic E-state index is 0.601. The van der Waals surface area contributed by atoms with Gasteiger partial charge in [-0.2, -0.15) is 16.9 Å². The summed E-state index contributed by atoms with van der Waals surface area (Å²) in [6, 6.07) is 0.601. The number of hydrogen-bond donors (Lipinski definition) is 0. The van der Waals surface area contributed by atoms with Crippen LogP contribution in [0.5, 0.6) is 0 Å². The zero-order valence-electron chi connectivity index (χ0n) is 11.3. The third-order valence-electron chi connectivity index (χ3n) is 3.15. The van der Waals surface area contributed by atoms with Gasteiger partial charge in [0.05, 0.1) is 15.9 Å². The summed E-state index contributed by atoms with van der Waals surface area (Å²) in [5.41, 5.74) is 2.31. The fraction of sp³-hybridized carbons (Fsp3) is 0.750. The molecule has 0 spiro atoms. The molecule has 0 N–H and O–H groups in total. The van der Waals surface area contributed by atoms with Crippen molar-refractivity contribution in [2.75, 3.05) is 19.1 Å². The first-order valence-electron chi connectivity index (χ1n) is 5.84. The molecular formula is C12H22BrN3S. The summed E-state index contributed by atoms with van der Waals surface area (Å²) in [6.07, 6.45) is 3.39. The van der Waals surface area contributed by atoms with Gasteiger partial charge in [-0.15, -0.1) is 0 Å². The van der Waals surface area contributed by atoms with Crippen LogP contribution in [0.2, 0.25) is 0 Å². The van der Waals surface area contributed by atoms with E-state index in [0.29, 0.717) is 6.04 Å². The molecule has 1 aromatic heterocycles. The summed E-state index contributed by atoms with van der Waals surface area (Å²) in [7, 11) is 4.19. The first-order chi connectivity index (χ1) is 7.97. The van der Waals surface area contributed by atoms with Crippen molar-refractivity contribution < 1.29 is 0 Å². The summed E-state index contributed by atoms with van der Waals surface area (Å²) in [4.78, 5) is 2.39. The zero-order valence-corrected chi connectivity index (χ0v) is 13.7. The first-order valence-corrected chi connectivity index (χ1v) is 8.03. The van der Waals surface area contributed by atoms with E-state index >= 15 is 0 Å². The molecule has 3 nitrogen and oxygen atoms in total. The predicted molar refractivity (Wildman–Crippen MR) is 79.6 cm³/mol. The highest BCUT2D eigenvalue weighted by atomic mass is 79.9. The Hall–Kier alpha value is 0. The fourth-order valence-electron chi connectivity index (χ4n) is 1.75. The maximum atomic E-state index is 4.42. The highest BCUT2D eigenvalue weighted by molar-refractivity contribution is 9.10. The van der Waals surface area contributed by atoms with E-state index in [1.807, 2.05) is 30.4 Å². The van der Waals surface area contributed by atoms with Crippen molar-refractivity contribution in [1.82, 2.24) is 14.7 Å². The highest BCUT2D eigenvalue weighted by Crippen LogP contribution is 2.22. The number of halogens is 1. The van der Waals surface area contributed by atoms with Crippen LogP contribution in [0.1, 0.15) is 24.7 Å². The van der Waals surface area contributed by atoms with E-state index in [4.69, 9.17) is 0 Å². The lowest BCUT2D eigenvalue weighted by molar-refractivity contribution is 0.238. The lowest BCUT2D eigenvalue weighted by atomic mass is 10.2. The van der Waals surface area contributed by atoms with Crippen molar-refractivity contribution in [1.29, 1.82) is 0 Å². The first kappa shape index (κ1) is 15.1. The molecule has 5 heteroatoms. The number of aromatic nitrogens is 2. The number of aryl methyl sites for hydroxylation is 2. The lowest BCUT2D eigenvalue weighted by Gasteiger charge is -2.24. The van der Waals surface area contributed by atoms with Crippen LogP contribution in [0.25, 0.3) is 0 Å². The average Bonchev–Trinajstić information content (AvgIpc) is 2.52. The molecule has 0 aliphatic carbocycles. The molecule has 98 valence electrons. The van der Waals surface area contributed by atoms with Gasteiger partial charge < -0.3 is 0 Å². The van der Waals surface area contributed by atoms with Gasteiger partial charge in [0.1, 0.15) is 0 Å². The van der Waals surface area contributed by atoms with Crippen LogP contribution < -0.4 is 0 Å². The normalized spacial score (nSPS) is 13.4. The standard InChI is InChI=1S/C12H22BrN3S/c1-9(6-7-17-5)15(3)8-11-12(13)10(2)14-16(11)4/h9H,6-8H2,1-5H3. The summed E-state index contributed by atoms with van der Waals surface area (Å²) >= 11 is 5.53. The molecule has 1 aromatic rings. The van der Waals surface area contributed by atoms with Gasteiger partial charge in [-0.05, 0) is 55.3 Å². The largest absolute Gasteiger partial charge is 0.298 e. The number of thioether (sulfide) groups is 1. The van der Waals surface area contributed by atoms with Crippen molar-refractivity contribution in [3.8, 4) is 0 Å². The van der Waals surface area contributed by atoms with Gasteiger partial charge in [0.25, 0.3) is 0 Å². The van der Waals surface area contributed by atoms with Crippen LogP contribution in [0.15, 0.2) is 4.47 Å². The Labute approximate surface area is 117 Å². The summed E-state index contributed by atoms with van der Waals surface area (Å²) in [6.45, 7) is 5.26. The van der Waals surface area contributed by atoms with Crippen LogP contribution in [-0.4, -0.2) is 39.8 Å². The SMILES string of the molecule is CSCCC(C)N(C)Cc1c(Br)c(C)nn1C. The summed E-state index contributed by atoms with van der Waals surface area (Å²) in [5, 5.41) is 4.42. The van der Waals surface area contributed by atoms with Gasteiger partial charge in [-0.25, -0.2) is 0 Å². The molecule has 1 atom stereocenters. The molecule has 0 fully saturated rings. The molecule has 0 bridgehead atoms. The van der Waals surface area contributed by atoms with Gasteiger partial charge in [0.2, 0.25) is 0 Å². The predicted octanol–water partition coefficient (Wildman–Crippen LogP) is 3.06. The van der Waals surface area contributed by atoms with E-state index in [0.717, 1.165) is 16.7 Å². The van der Waals surface area contributed by atoms with Gasteiger partial charge in [0, 0.05) is 19.6 Å². The second kappa shape index (κ2) is 6.81. The molecule has 0 aliphatic heterocycles. The van der Waals surface area contributed by atoms with E-state index in [1.54, 1.807) is 0 Å². The molecule has 1 heterocycles. The number of nitrogens with zero attached hydrogens (tertiary/aromatic N) is 3. The molecule has 17 heavy (non-hydrogen) atoms. The molecule has 0 aliphatic rings. The third kappa shape index (κ3) is 4.00. The summed E-state index contributed by atoms with van der Waals surface area (Å²) < 4.78 is 3.11. The van der Waals surface area contributed by atoms with E-state index < -0.39 is 0 Å². The Morgan fingerprint density at radius 2 is 2.18 bits per heavy atom. The molecule has 1 rings (SSSR count). The maximum Gasteiger partial charge on any atom is 0.0739 e. The Balaban J connectivity index is 2.64. The zero-order chi connectivity index (χ0) is 13.0. The second-order valence-corrected chi connectivity index (χ2v) is 6.29. The van der Waals surface area contributed by atoms with Crippen molar-refractivity contribution in [2.24, 2.45) is 7.05 Å². The number of rotatable bonds is 6. The molecule has 0 radical (unpaired) electrons. The third-order valence-corrected chi connectivity index (χ3v) is 4.83. The van der Waals surface area contributed by atoms with E-state index in [-0.39, 0.29) is 0 Å². The molecule has 0 saturated heterocycles. The Bertz CT molecular complexity index is 365. The van der Waals surface area contributed by atoms with E-state index in [1.165, 1.54) is 17.9 Å². The van der Waals surface area contributed by atoms with E-state index in [9.17, 15) is 0 Å². The van der Waals surface area contributed by atoms with Gasteiger partial charge in [-0.1, -0.05) is 0 Å². The van der Waals surface area contributed by atoms with Crippen molar-refractivity contribution in [2.45, 2.75) is 32.9 Å². The Kier molecular flexibility index (Phi) is 6.03. The van der Waals surface area contributed by atoms with Crippen molar-refractivity contribution >= 4 is 27.7 Å². The van der Waals surface area contributed by atoms with Crippen molar-refractivity contribution in [3.05, 3.63) is 15.9 Å². The number of hydrogen-bond acceptors (Lipinski definition) is 3. The minimum atomic E-state index is 0.601. The second-order valence-electron chi connectivity index (χ2n) is 4.52. The molecule has 0 saturated carbocycles. The average molecular weight is 320 g/mol. The Morgan fingerprint density at radius 3 is 2.65 bits per heavy atom. The Morgan fingerprint density at radius 1 is 1.53 bits per heavy atom. The summed E-state index contributed by atoms with van der Waals surface area (Å²) in [5.74, 6) is 1.22. The molecule has 0 aromatic carbocycles. The molecule has 1 unspecified atom stereocenters. The topological polar surface area (TPSA) is 21.1 Å². The van der Waals surface area contributed by atoms with Crippen molar-refractivity contribution in [3.63, 3.8) is 0 Å². The van der Waals surface area contributed by atoms with Gasteiger partial charge in [0.15, 0.2) is 0 Å². The lowest BCUT2D eigenvalue weighted by Crippen LogP contribution is -2.30. The maximum absolute atomic E-state index is 4.42.